The van der Waals surface area contributed by atoms with E-state index in [0.29, 0.717) is 0 Å². The summed E-state index contributed by atoms with van der Waals surface area (Å²) in [6.07, 6.45) is 0. The van der Waals surface area contributed by atoms with E-state index in [1.54, 1.807) is 6.92 Å². The summed E-state index contributed by atoms with van der Waals surface area (Å²) >= 11 is 0. The van der Waals surface area contributed by atoms with Crippen LogP contribution in [0, 0.1) is 11.8 Å². The van der Waals surface area contributed by atoms with E-state index in [0.717, 1.165) is 0 Å². The van der Waals surface area contributed by atoms with Gasteiger partial charge < -0.3 is 4.43 Å². The van der Waals surface area contributed by atoms with Gasteiger partial charge in [-0.05, 0) is 25.1 Å². The molecule has 0 aromatic carbocycles. The molecule has 0 saturated heterocycles. The van der Waals surface area contributed by atoms with E-state index in [2.05, 4.69) is 32.6 Å². The summed E-state index contributed by atoms with van der Waals surface area (Å²) in [6, 6.07) is 0. The fourth-order valence-corrected chi connectivity index (χ4v) is 1.33. The SMILES string of the molecule is CC#CC(=O)O[Si](C)(C)C(C)(C)C. The fraction of sp³-hybridized carbons (Fsp3) is 0.700. The minimum absolute atomic E-state index is 0.0537. The van der Waals surface area contributed by atoms with Gasteiger partial charge in [0.1, 0.15) is 0 Å². The smallest absolute Gasteiger partial charge is 0.370 e. The van der Waals surface area contributed by atoms with Gasteiger partial charge in [0.25, 0.3) is 8.32 Å². The van der Waals surface area contributed by atoms with Crippen LogP contribution < -0.4 is 0 Å². The Hall–Kier alpha value is -0.753. The summed E-state index contributed by atoms with van der Waals surface area (Å²) in [5.74, 6) is 4.54. The molecule has 0 aliphatic heterocycles. The van der Waals surface area contributed by atoms with Crippen molar-refractivity contribution in [3.8, 4) is 11.8 Å². The number of hydrogen-bond donors (Lipinski definition) is 0. The van der Waals surface area contributed by atoms with Crippen molar-refractivity contribution in [2.24, 2.45) is 0 Å². The maximum absolute atomic E-state index is 11.1. The maximum Gasteiger partial charge on any atom is 0.370 e. The molecular formula is C10H18O2Si. The van der Waals surface area contributed by atoms with Crippen LogP contribution in [-0.2, 0) is 9.22 Å². The molecule has 0 aliphatic carbocycles. The lowest BCUT2D eigenvalue weighted by Crippen LogP contribution is -2.42. The first-order valence-electron chi connectivity index (χ1n) is 4.36. The van der Waals surface area contributed by atoms with Crippen LogP contribution in [0.5, 0.6) is 0 Å². The first-order chi connectivity index (χ1) is 5.70. The van der Waals surface area contributed by atoms with Crippen LogP contribution in [-0.4, -0.2) is 14.3 Å². The first-order valence-corrected chi connectivity index (χ1v) is 7.27. The van der Waals surface area contributed by atoms with E-state index < -0.39 is 14.3 Å². The molecule has 0 aromatic rings. The summed E-state index contributed by atoms with van der Waals surface area (Å²) in [6.45, 7) is 12.0. The first kappa shape index (κ1) is 12.2. The highest BCUT2D eigenvalue weighted by Gasteiger charge is 2.40. The largest absolute Gasteiger partial charge is 0.510 e. The van der Waals surface area contributed by atoms with Gasteiger partial charge >= 0.3 is 5.97 Å². The third kappa shape index (κ3) is 3.64. The minimum atomic E-state index is -1.96. The Morgan fingerprint density at radius 1 is 1.31 bits per heavy atom. The molecule has 13 heavy (non-hydrogen) atoms. The number of carbonyl (C=O) groups is 1. The second-order valence-corrected chi connectivity index (χ2v) is 9.25. The third-order valence-electron chi connectivity index (χ3n) is 2.38. The molecule has 0 heterocycles. The van der Waals surface area contributed by atoms with Gasteiger partial charge in [-0.1, -0.05) is 26.7 Å². The predicted molar refractivity (Wildman–Crippen MR) is 56.7 cm³/mol. The quantitative estimate of drug-likeness (QED) is 0.478. The topological polar surface area (TPSA) is 26.3 Å². The molecule has 74 valence electrons. The summed E-state index contributed by atoms with van der Waals surface area (Å²) in [5.41, 5.74) is 0. The van der Waals surface area contributed by atoms with Crippen LogP contribution in [0.15, 0.2) is 0 Å². The van der Waals surface area contributed by atoms with Gasteiger partial charge in [0.2, 0.25) is 0 Å². The van der Waals surface area contributed by atoms with Crippen LogP contribution in [0.25, 0.3) is 0 Å². The van der Waals surface area contributed by atoms with Crippen LogP contribution in [0.4, 0.5) is 0 Å². The molecular weight excluding hydrogens is 180 g/mol. The minimum Gasteiger partial charge on any atom is -0.510 e. The lowest BCUT2D eigenvalue weighted by atomic mass is 10.2. The zero-order valence-corrected chi connectivity index (χ0v) is 10.3. The Kier molecular flexibility index (Phi) is 3.74. The zero-order chi connectivity index (χ0) is 10.7. The van der Waals surface area contributed by atoms with Crippen molar-refractivity contribution in [1.82, 2.24) is 0 Å². The monoisotopic (exact) mass is 198 g/mol. The molecule has 0 fully saturated rings. The Balaban J connectivity index is 4.49. The third-order valence-corrected chi connectivity index (χ3v) is 6.69. The Labute approximate surface area is 81.8 Å². The second-order valence-electron chi connectivity index (χ2n) is 4.52. The number of carbonyl (C=O) groups excluding carboxylic acids is 1. The van der Waals surface area contributed by atoms with Gasteiger partial charge in [0.15, 0.2) is 0 Å². The van der Waals surface area contributed by atoms with E-state index >= 15 is 0 Å². The zero-order valence-electron chi connectivity index (χ0n) is 9.32. The molecule has 0 aliphatic rings. The fourth-order valence-electron chi connectivity index (χ4n) is 0.512. The van der Waals surface area contributed by atoms with Gasteiger partial charge in [0.05, 0.1) is 0 Å². The summed E-state index contributed by atoms with van der Waals surface area (Å²) < 4.78 is 5.37. The van der Waals surface area contributed by atoms with Crippen LogP contribution in [0.3, 0.4) is 0 Å². The maximum atomic E-state index is 11.1. The molecule has 0 rings (SSSR count). The Morgan fingerprint density at radius 2 is 1.77 bits per heavy atom. The van der Waals surface area contributed by atoms with Crippen molar-refractivity contribution in [1.29, 1.82) is 0 Å². The van der Waals surface area contributed by atoms with Crippen molar-refractivity contribution >= 4 is 14.3 Å². The molecule has 0 unspecified atom stereocenters. The molecule has 0 radical (unpaired) electrons. The normalized spacial score (nSPS) is 11.5. The predicted octanol–water partition coefficient (Wildman–Crippen LogP) is 2.56. The summed E-state index contributed by atoms with van der Waals surface area (Å²) in [5, 5.41) is 0.0537. The molecule has 0 atom stereocenters. The lowest BCUT2D eigenvalue weighted by molar-refractivity contribution is -0.129. The molecule has 0 N–H and O–H groups in total. The van der Waals surface area contributed by atoms with Crippen LogP contribution in [0.2, 0.25) is 18.1 Å². The van der Waals surface area contributed by atoms with Crippen molar-refractivity contribution in [3.05, 3.63) is 0 Å². The Bertz CT molecular complexity index is 250. The van der Waals surface area contributed by atoms with Crippen molar-refractivity contribution in [2.45, 2.75) is 45.8 Å². The van der Waals surface area contributed by atoms with E-state index in [9.17, 15) is 4.79 Å². The van der Waals surface area contributed by atoms with E-state index in [4.69, 9.17) is 4.43 Å². The van der Waals surface area contributed by atoms with Gasteiger partial charge in [-0.3, -0.25) is 0 Å². The molecule has 3 heteroatoms. The van der Waals surface area contributed by atoms with E-state index in [1.807, 2.05) is 13.1 Å². The summed E-state index contributed by atoms with van der Waals surface area (Å²) in [7, 11) is -1.96. The molecule has 0 saturated carbocycles. The Morgan fingerprint density at radius 3 is 2.08 bits per heavy atom. The van der Waals surface area contributed by atoms with E-state index in [1.165, 1.54) is 0 Å². The standard InChI is InChI=1S/C10H18O2Si/c1-7-8-9(11)12-13(5,6)10(2,3)4/h1-6H3. The highest BCUT2D eigenvalue weighted by atomic mass is 28.4. The lowest BCUT2D eigenvalue weighted by Gasteiger charge is -2.34. The van der Waals surface area contributed by atoms with Gasteiger partial charge in [0, 0.05) is 5.92 Å². The molecule has 0 spiro atoms. The van der Waals surface area contributed by atoms with Gasteiger partial charge in [-0.15, -0.1) is 0 Å². The number of hydrogen-bond acceptors (Lipinski definition) is 2. The second kappa shape index (κ2) is 3.97. The van der Waals surface area contributed by atoms with Crippen LogP contribution in [0.1, 0.15) is 27.7 Å². The van der Waals surface area contributed by atoms with Crippen molar-refractivity contribution in [3.63, 3.8) is 0 Å². The number of rotatable bonds is 1. The average molecular weight is 198 g/mol. The highest BCUT2D eigenvalue weighted by molar-refractivity contribution is 6.75. The molecule has 2 nitrogen and oxygen atoms in total. The average Bonchev–Trinajstić information content (AvgIpc) is 1.83. The van der Waals surface area contributed by atoms with Gasteiger partial charge in [-0.2, -0.15) is 0 Å². The van der Waals surface area contributed by atoms with Gasteiger partial charge in [-0.25, -0.2) is 4.79 Å². The van der Waals surface area contributed by atoms with E-state index in [-0.39, 0.29) is 5.04 Å². The van der Waals surface area contributed by atoms with Crippen molar-refractivity contribution in [2.75, 3.05) is 0 Å². The molecule has 0 aromatic heterocycles. The van der Waals surface area contributed by atoms with Crippen LogP contribution >= 0.6 is 0 Å². The molecule has 0 amide bonds. The highest BCUT2D eigenvalue weighted by Crippen LogP contribution is 2.36. The van der Waals surface area contributed by atoms with Crippen molar-refractivity contribution < 1.29 is 9.22 Å². The molecule has 0 bridgehead atoms. The summed E-state index contributed by atoms with van der Waals surface area (Å²) in [4.78, 5) is 11.1.